The van der Waals surface area contributed by atoms with E-state index < -0.39 is 23.5 Å². The molecule has 0 aromatic heterocycles. The van der Waals surface area contributed by atoms with E-state index in [4.69, 9.17) is 5.11 Å². The van der Waals surface area contributed by atoms with Gasteiger partial charge in [0.05, 0.1) is 5.56 Å². The van der Waals surface area contributed by atoms with Crippen molar-refractivity contribution in [1.82, 2.24) is 9.80 Å². The molecule has 1 aliphatic rings. The van der Waals surface area contributed by atoms with Crippen LogP contribution in [0.15, 0.2) is 18.2 Å². The summed E-state index contributed by atoms with van der Waals surface area (Å²) in [6.45, 7) is 2.41. The molecule has 0 unspecified atom stereocenters. The molecular formula is C18H22F2N2O4. The summed E-state index contributed by atoms with van der Waals surface area (Å²) in [5.74, 6) is -3.85. The van der Waals surface area contributed by atoms with E-state index in [1.54, 1.807) is 0 Å². The number of aliphatic carboxylic acids is 1. The van der Waals surface area contributed by atoms with Gasteiger partial charge in [0.25, 0.3) is 5.91 Å². The van der Waals surface area contributed by atoms with Crippen molar-refractivity contribution in [3.8, 4) is 0 Å². The molecule has 0 atom stereocenters. The number of carbonyl (C=O) groups is 3. The van der Waals surface area contributed by atoms with Gasteiger partial charge in [0.1, 0.15) is 18.2 Å². The highest BCUT2D eigenvalue weighted by Gasteiger charge is 2.31. The number of benzene rings is 1. The molecule has 0 saturated carbocycles. The maximum absolute atomic E-state index is 13.8. The van der Waals surface area contributed by atoms with E-state index in [1.807, 2.05) is 6.92 Å². The number of nitrogens with zero attached hydrogens (tertiary/aromatic N) is 2. The molecule has 142 valence electrons. The first kappa shape index (κ1) is 19.8. The van der Waals surface area contributed by atoms with Gasteiger partial charge in [-0.15, -0.1) is 0 Å². The van der Waals surface area contributed by atoms with Crippen molar-refractivity contribution >= 4 is 17.8 Å². The van der Waals surface area contributed by atoms with Crippen molar-refractivity contribution in [1.29, 1.82) is 0 Å². The van der Waals surface area contributed by atoms with Crippen LogP contribution < -0.4 is 0 Å². The Morgan fingerprint density at radius 2 is 1.88 bits per heavy atom. The van der Waals surface area contributed by atoms with Crippen molar-refractivity contribution in [2.24, 2.45) is 5.92 Å². The van der Waals surface area contributed by atoms with Gasteiger partial charge in [-0.25, -0.2) is 8.78 Å². The number of carboxylic acid groups (broad SMARTS) is 1. The van der Waals surface area contributed by atoms with Gasteiger partial charge < -0.3 is 14.9 Å². The minimum absolute atomic E-state index is 0.199. The maximum atomic E-state index is 13.8. The van der Waals surface area contributed by atoms with E-state index in [9.17, 15) is 23.2 Å². The molecule has 1 saturated heterocycles. The molecule has 6 nitrogen and oxygen atoms in total. The molecular weight excluding hydrogens is 346 g/mol. The van der Waals surface area contributed by atoms with Gasteiger partial charge in [-0.1, -0.05) is 6.92 Å². The van der Waals surface area contributed by atoms with Crippen molar-refractivity contribution in [2.75, 3.05) is 26.2 Å². The third kappa shape index (κ3) is 4.77. The second kappa shape index (κ2) is 8.73. The first-order valence-electron chi connectivity index (χ1n) is 8.58. The number of carbonyl (C=O) groups excluding carboxylic acids is 2. The highest BCUT2D eigenvalue weighted by molar-refractivity contribution is 5.94. The average Bonchev–Trinajstić information content (AvgIpc) is 2.60. The summed E-state index contributed by atoms with van der Waals surface area (Å²) >= 11 is 0. The molecule has 1 N–H and O–H groups in total. The Kier molecular flexibility index (Phi) is 6.65. The van der Waals surface area contributed by atoms with Crippen LogP contribution in [0.2, 0.25) is 0 Å². The summed E-state index contributed by atoms with van der Waals surface area (Å²) < 4.78 is 26.7. The Balaban J connectivity index is 1.98. The Morgan fingerprint density at radius 3 is 2.42 bits per heavy atom. The fourth-order valence-electron chi connectivity index (χ4n) is 3.12. The molecule has 2 rings (SSSR count). The van der Waals surface area contributed by atoms with Gasteiger partial charge in [0.15, 0.2) is 0 Å². The van der Waals surface area contributed by atoms with Crippen LogP contribution in [0.25, 0.3) is 0 Å². The van der Waals surface area contributed by atoms with E-state index in [2.05, 4.69) is 0 Å². The van der Waals surface area contributed by atoms with E-state index in [0.29, 0.717) is 31.9 Å². The average molecular weight is 368 g/mol. The predicted molar refractivity (Wildman–Crippen MR) is 89.5 cm³/mol. The Hall–Kier alpha value is -2.51. The van der Waals surface area contributed by atoms with Gasteiger partial charge in [0.2, 0.25) is 5.91 Å². The van der Waals surface area contributed by atoms with E-state index in [1.165, 1.54) is 9.80 Å². The van der Waals surface area contributed by atoms with Gasteiger partial charge in [-0.2, -0.15) is 0 Å². The Labute approximate surface area is 150 Å². The summed E-state index contributed by atoms with van der Waals surface area (Å²) in [5.41, 5.74) is -0.199. The third-order valence-corrected chi connectivity index (χ3v) is 4.42. The zero-order valence-corrected chi connectivity index (χ0v) is 14.6. The summed E-state index contributed by atoms with van der Waals surface area (Å²) in [6, 6.07) is 2.80. The topological polar surface area (TPSA) is 77.9 Å². The maximum Gasteiger partial charge on any atom is 0.323 e. The highest BCUT2D eigenvalue weighted by atomic mass is 19.1. The summed E-state index contributed by atoms with van der Waals surface area (Å²) in [7, 11) is 0. The minimum Gasteiger partial charge on any atom is -0.480 e. The van der Waals surface area contributed by atoms with E-state index in [-0.39, 0.29) is 37.0 Å². The molecule has 26 heavy (non-hydrogen) atoms. The molecule has 1 fully saturated rings. The quantitative estimate of drug-likeness (QED) is 0.835. The zero-order valence-electron chi connectivity index (χ0n) is 14.6. The monoisotopic (exact) mass is 368 g/mol. The van der Waals surface area contributed by atoms with Crippen LogP contribution in [-0.2, 0) is 9.59 Å². The number of piperidine rings is 1. The largest absolute Gasteiger partial charge is 0.480 e. The van der Waals surface area contributed by atoms with Gasteiger partial charge >= 0.3 is 5.97 Å². The van der Waals surface area contributed by atoms with Gasteiger partial charge in [0, 0.05) is 31.6 Å². The Bertz CT molecular complexity index is 688. The van der Waals surface area contributed by atoms with Crippen LogP contribution >= 0.6 is 0 Å². The molecule has 1 aromatic rings. The van der Waals surface area contributed by atoms with Crippen LogP contribution in [0.1, 0.15) is 36.5 Å². The molecule has 1 aromatic carbocycles. The standard InChI is InChI=1S/C18H22F2N2O4/c1-2-7-22(11-16(23)24)17(25)12-5-8-21(9-6-12)18(26)14-4-3-13(19)10-15(14)20/h3-4,10,12H,2,5-9,11H2,1H3,(H,23,24). The number of hydrogen-bond donors (Lipinski definition) is 1. The lowest BCUT2D eigenvalue weighted by Gasteiger charge is -2.34. The molecule has 0 spiro atoms. The van der Waals surface area contributed by atoms with E-state index >= 15 is 0 Å². The van der Waals surface area contributed by atoms with Crippen LogP contribution in [0.5, 0.6) is 0 Å². The van der Waals surface area contributed by atoms with Crippen molar-refractivity contribution < 1.29 is 28.3 Å². The Morgan fingerprint density at radius 1 is 1.23 bits per heavy atom. The fraction of sp³-hybridized carbons (Fsp3) is 0.500. The van der Waals surface area contributed by atoms with Crippen LogP contribution in [0.3, 0.4) is 0 Å². The van der Waals surface area contributed by atoms with Crippen molar-refractivity contribution in [3.63, 3.8) is 0 Å². The lowest BCUT2D eigenvalue weighted by atomic mass is 9.94. The second-order valence-corrected chi connectivity index (χ2v) is 6.34. The molecule has 8 heteroatoms. The lowest BCUT2D eigenvalue weighted by molar-refractivity contribution is -0.147. The molecule has 2 amide bonds. The first-order chi connectivity index (χ1) is 12.3. The summed E-state index contributed by atoms with van der Waals surface area (Å²) in [4.78, 5) is 38.6. The van der Waals surface area contributed by atoms with Crippen LogP contribution in [0.4, 0.5) is 8.78 Å². The van der Waals surface area contributed by atoms with E-state index in [0.717, 1.165) is 12.1 Å². The fourth-order valence-corrected chi connectivity index (χ4v) is 3.12. The number of carboxylic acids is 1. The minimum atomic E-state index is -1.06. The number of halogens is 2. The number of rotatable bonds is 6. The first-order valence-corrected chi connectivity index (χ1v) is 8.58. The van der Waals surface area contributed by atoms with Crippen LogP contribution in [-0.4, -0.2) is 58.9 Å². The lowest BCUT2D eigenvalue weighted by Crippen LogP contribution is -2.46. The molecule has 1 heterocycles. The number of likely N-dealkylation sites (tertiary alicyclic amines) is 1. The van der Waals surface area contributed by atoms with Gasteiger partial charge in [-0.3, -0.25) is 14.4 Å². The normalized spacial score (nSPS) is 15.0. The number of hydrogen-bond acceptors (Lipinski definition) is 3. The second-order valence-electron chi connectivity index (χ2n) is 6.34. The number of amides is 2. The van der Waals surface area contributed by atoms with Crippen molar-refractivity contribution in [2.45, 2.75) is 26.2 Å². The SMILES string of the molecule is CCCN(CC(=O)O)C(=O)C1CCN(C(=O)c2ccc(F)cc2F)CC1. The predicted octanol–water partition coefficient (Wildman–Crippen LogP) is 2.14. The van der Waals surface area contributed by atoms with Crippen LogP contribution in [0, 0.1) is 17.6 Å². The van der Waals surface area contributed by atoms with Crippen molar-refractivity contribution in [3.05, 3.63) is 35.4 Å². The highest BCUT2D eigenvalue weighted by Crippen LogP contribution is 2.22. The summed E-state index contributed by atoms with van der Waals surface area (Å²) in [5, 5.41) is 8.94. The molecule has 0 radical (unpaired) electrons. The molecule has 0 bridgehead atoms. The zero-order chi connectivity index (χ0) is 19.3. The molecule has 0 aliphatic carbocycles. The summed E-state index contributed by atoms with van der Waals surface area (Å²) in [6.07, 6.45) is 1.42. The van der Waals surface area contributed by atoms with Gasteiger partial charge in [-0.05, 0) is 31.4 Å². The smallest absolute Gasteiger partial charge is 0.323 e. The molecule has 1 aliphatic heterocycles. The third-order valence-electron chi connectivity index (χ3n) is 4.42.